The van der Waals surface area contributed by atoms with Crippen LogP contribution in [0.5, 0.6) is 5.75 Å². The Bertz CT molecular complexity index is 597. The lowest BCUT2D eigenvalue weighted by Gasteiger charge is -2.14. The van der Waals surface area contributed by atoms with Gasteiger partial charge in [-0.25, -0.2) is 8.78 Å². The van der Waals surface area contributed by atoms with Gasteiger partial charge in [0.2, 0.25) is 0 Å². The highest BCUT2D eigenvalue weighted by Crippen LogP contribution is 2.13. The molecule has 5 heteroatoms. The third-order valence-electron chi connectivity index (χ3n) is 2.88. The molecule has 0 fully saturated rings. The summed E-state index contributed by atoms with van der Waals surface area (Å²) in [4.78, 5) is 11.9. The van der Waals surface area contributed by atoms with Crippen LogP contribution < -0.4 is 10.1 Å². The average Bonchev–Trinajstić information content (AvgIpc) is 2.48. The van der Waals surface area contributed by atoms with Crippen molar-refractivity contribution >= 4 is 5.91 Å². The number of carbonyl (C=O) groups is 1. The van der Waals surface area contributed by atoms with E-state index in [9.17, 15) is 13.6 Å². The molecule has 1 atom stereocenters. The summed E-state index contributed by atoms with van der Waals surface area (Å²) in [5.41, 5.74) is 0.790. The van der Waals surface area contributed by atoms with Crippen LogP contribution in [0.25, 0.3) is 0 Å². The van der Waals surface area contributed by atoms with Crippen molar-refractivity contribution in [1.82, 2.24) is 5.32 Å². The molecule has 0 bridgehead atoms. The molecule has 0 aliphatic heterocycles. The summed E-state index contributed by atoms with van der Waals surface area (Å²) in [6.07, 6.45) is -0.712. The maximum absolute atomic E-state index is 12.8. The van der Waals surface area contributed by atoms with Gasteiger partial charge >= 0.3 is 0 Å². The van der Waals surface area contributed by atoms with Crippen LogP contribution >= 0.6 is 0 Å². The number of hydrogen-bond donors (Lipinski definition) is 1. The number of nitrogens with one attached hydrogen (secondary N) is 1. The zero-order valence-electron chi connectivity index (χ0n) is 11.5. The van der Waals surface area contributed by atoms with E-state index in [4.69, 9.17) is 4.74 Å². The molecule has 3 nitrogen and oxygen atoms in total. The first-order valence-corrected chi connectivity index (χ1v) is 6.49. The molecule has 0 aromatic heterocycles. The maximum Gasteiger partial charge on any atom is 0.261 e. The van der Waals surface area contributed by atoms with E-state index in [-0.39, 0.29) is 24.1 Å². The van der Waals surface area contributed by atoms with E-state index in [0.717, 1.165) is 5.56 Å². The smallest absolute Gasteiger partial charge is 0.261 e. The number of amides is 1. The first kappa shape index (κ1) is 15.0. The van der Waals surface area contributed by atoms with Crippen molar-refractivity contribution in [3.8, 4) is 5.75 Å². The molecule has 0 aliphatic carbocycles. The number of carbonyl (C=O) groups excluding carboxylic acids is 1. The third kappa shape index (κ3) is 4.56. The molecule has 1 N–H and O–H groups in total. The quantitative estimate of drug-likeness (QED) is 0.919. The van der Waals surface area contributed by atoms with Crippen LogP contribution in [0.4, 0.5) is 8.78 Å². The van der Waals surface area contributed by atoms with Gasteiger partial charge in [0.25, 0.3) is 5.91 Å². The molecule has 21 heavy (non-hydrogen) atoms. The summed E-state index contributed by atoms with van der Waals surface area (Å²) < 4.78 is 30.9. The van der Waals surface area contributed by atoms with Crippen LogP contribution in [-0.2, 0) is 11.3 Å². The largest absolute Gasteiger partial charge is 0.481 e. The fourth-order valence-electron chi connectivity index (χ4n) is 1.71. The summed E-state index contributed by atoms with van der Waals surface area (Å²) in [6.45, 7) is 1.89. The Morgan fingerprint density at radius 2 is 1.57 bits per heavy atom. The van der Waals surface area contributed by atoms with Gasteiger partial charge < -0.3 is 10.1 Å². The Morgan fingerprint density at radius 1 is 1.05 bits per heavy atom. The zero-order chi connectivity index (χ0) is 15.2. The van der Waals surface area contributed by atoms with Gasteiger partial charge in [-0.2, -0.15) is 0 Å². The average molecular weight is 291 g/mol. The number of hydrogen-bond acceptors (Lipinski definition) is 2. The van der Waals surface area contributed by atoms with Crippen LogP contribution in [0, 0.1) is 11.6 Å². The first-order chi connectivity index (χ1) is 10.0. The van der Waals surface area contributed by atoms with Crippen LogP contribution in [-0.4, -0.2) is 12.0 Å². The van der Waals surface area contributed by atoms with Crippen molar-refractivity contribution in [2.24, 2.45) is 0 Å². The van der Waals surface area contributed by atoms with Gasteiger partial charge in [-0.15, -0.1) is 0 Å². The van der Waals surface area contributed by atoms with Gasteiger partial charge in [0.1, 0.15) is 17.4 Å². The summed E-state index contributed by atoms with van der Waals surface area (Å²) in [5, 5.41) is 2.69. The van der Waals surface area contributed by atoms with Crippen LogP contribution in [0.2, 0.25) is 0 Å². The molecule has 0 saturated carbocycles. The number of rotatable bonds is 5. The van der Waals surface area contributed by atoms with Gasteiger partial charge in [0.05, 0.1) is 0 Å². The van der Waals surface area contributed by atoms with E-state index in [1.807, 2.05) is 0 Å². The van der Waals surface area contributed by atoms with Crippen LogP contribution in [0.15, 0.2) is 48.5 Å². The fraction of sp³-hybridized carbons (Fsp3) is 0.188. The van der Waals surface area contributed by atoms with Gasteiger partial charge in [-0.1, -0.05) is 12.1 Å². The highest BCUT2D eigenvalue weighted by Gasteiger charge is 2.14. The minimum absolute atomic E-state index is 0.288. The highest BCUT2D eigenvalue weighted by molar-refractivity contribution is 5.80. The second kappa shape index (κ2) is 6.83. The molecule has 0 radical (unpaired) electrons. The minimum Gasteiger partial charge on any atom is -0.481 e. The van der Waals surface area contributed by atoms with E-state index in [1.165, 1.54) is 36.4 Å². The second-order valence-electron chi connectivity index (χ2n) is 4.56. The normalized spacial score (nSPS) is 11.8. The molecule has 2 aromatic rings. The Balaban J connectivity index is 1.84. The SMILES string of the molecule is CC(Oc1ccc(F)cc1)C(=O)NCc1ccc(F)cc1. The summed E-state index contributed by atoms with van der Waals surface area (Å²) >= 11 is 0. The molecular weight excluding hydrogens is 276 g/mol. The predicted octanol–water partition coefficient (Wildman–Crippen LogP) is 3.05. The predicted molar refractivity (Wildman–Crippen MR) is 74.7 cm³/mol. The maximum atomic E-state index is 12.8. The molecule has 0 saturated heterocycles. The third-order valence-corrected chi connectivity index (χ3v) is 2.88. The van der Waals surface area contributed by atoms with Crippen LogP contribution in [0.1, 0.15) is 12.5 Å². The van der Waals surface area contributed by atoms with Gasteiger partial charge in [0, 0.05) is 6.54 Å². The molecular formula is C16H15F2NO2. The van der Waals surface area contributed by atoms with E-state index >= 15 is 0 Å². The molecule has 110 valence electrons. The second-order valence-corrected chi connectivity index (χ2v) is 4.56. The van der Waals surface area contributed by atoms with E-state index in [0.29, 0.717) is 5.75 Å². The van der Waals surface area contributed by atoms with Crippen molar-refractivity contribution in [3.05, 3.63) is 65.7 Å². The Labute approximate surface area is 121 Å². The Morgan fingerprint density at radius 3 is 2.14 bits per heavy atom. The molecule has 2 aromatic carbocycles. The standard InChI is InChI=1S/C16H15F2NO2/c1-11(21-15-8-6-14(18)7-9-15)16(20)19-10-12-2-4-13(17)5-3-12/h2-9,11H,10H2,1H3,(H,19,20). The summed E-state index contributed by atoms with van der Waals surface area (Å²) in [5.74, 6) is -0.571. The van der Waals surface area contributed by atoms with Gasteiger partial charge in [-0.3, -0.25) is 4.79 Å². The van der Waals surface area contributed by atoms with Crippen molar-refractivity contribution in [2.75, 3.05) is 0 Å². The molecule has 1 amide bonds. The fourth-order valence-corrected chi connectivity index (χ4v) is 1.71. The molecule has 2 rings (SSSR count). The van der Waals surface area contributed by atoms with Gasteiger partial charge in [-0.05, 0) is 48.9 Å². The molecule has 0 heterocycles. The Hall–Kier alpha value is -2.43. The van der Waals surface area contributed by atoms with E-state index in [2.05, 4.69) is 5.32 Å². The lowest BCUT2D eigenvalue weighted by molar-refractivity contribution is -0.127. The topological polar surface area (TPSA) is 38.3 Å². The zero-order valence-corrected chi connectivity index (χ0v) is 11.5. The molecule has 0 aliphatic rings. The van der Waals surface area contributed by atoms with E-state index < -0.39 is 6.10 Å². The summed E-state index contributed by atoms with van der Waals surface area (Å²) in [7, 11) is 0. The molecule has 0 spiro atoms. The number of halogens is 2. The van der Waals surface area contributed by atoms with Crippen molar-refractivity contribution in [1.29, 1.82) is 0 Å². The number of benzene rings is 2. The lowest BCUT2D eigenvalue weighted by Crippen LogP contribution is -2.35. The van der Waals surface area contributed by atoms with Crippen molar-refractivity contribution in [2.45, 2.75) is 19.6 Å². The monoisotopic (exact) mass is 291 g/mol. The van der Waals surface area contributed by atoms with Crippen LogP contribution in [0.3, 0.4) is 0 Å². The van der Waals surface area contributed by atoms with Gasteiger partial charge in [0.15, 0.2) is 6.10 Å². The lowest BCUT2D eigenvalue weighted by atomic mass is 10.2. The Kier molecular flexibility index (Phi) is 4.87. The number of ether oxygens (including phenoxy) is 1. The molecule has 1 unspecified atom stereocenters. The first-order valence-electron chi connectivity index (χ1n) is 6.49. The van der Waals surface area contributed by atoms with Crippen molar-refractivity contribution in [3.63, 3.8) is 0 Å². The summed E-state index contributed by atoms with van der Waals surface area (Å²) in [6, 6.07) is 11.3. The van der Waals surface area contributed by atoms with Crippen molar-refractivity contribution < 1.29 is 18.3 Å². The van der Waals surface area contributed by atoms with E-state index in [1.54, 1.807) is 19.1 Å². The minimum atomic E-state index is -0.712. The highest BCUT2D eigenvalue weighted by atomic mass is 19.1.